The summed E-state index contributed by atoms with van der Waals surface area (Å²) in [6.45, 7) is 7.57. The van der Waals surface area contributed by atoms with E-state index in [2.05, 4.69) is 13.2 Å². The molecule has 0 radical (unpaired) electrons. The van der Waals surface area contributed by atoms with Gasteiger partial charge in [-0.3, -0.25) is 0 Å². The van der Waals surface area contributed by atoms with Gasteiger partial charge in [-0.15, -0.1) is 0 Å². The number of hydrogen-bond donors (Lipinski definition) is 1. The third-order valence-corrected chi connectivity index (χ3v) is 1.65. The number of rotatable bonds is 2. The molecule has 0 atom stereocenters. The molecular formula is C9H11BO2. The van der Waals surface area contributed by atoms with Crippen LogP contribution in [-0.2, 0) is 4.65 Å². The summed E-state index contributed by atoms with van der Waals surface area (Å²) in [5, 5.41) is 9.30. The topological polar surface area (TPSA) is 29.5 Å². The van der Waals surface area contributed by atoms with Crippen LogP contribution in [0.2, 0.25) is 0 Å². The second-order valence-corrected chi connectivity index (χ2v) is 2.45. The summed E-state index contributed by atoms with van der Waals surface area (Å²) in [5.74, 6) is 0. The van der Waals surface area contributed by atoms with E-state index < -0.39 is 7.12 Å². The molecule has 1 rings (SSSR count). The smallest absolute Gasteiger partial charge is 0.423 e. The van der Waals surface area contributed by atoms with Crippen molar-refractivity contribution in [3.05, 3.63) is 48.5 Å². The van der Waals surface area contributed by atoms with Crippen molar-refractivity contribution in [3.63, 3.8) is 0 Å². The molecule has 3 heteroatoms. The maximum atomic E-state index is 9.30. The Morgan fingerprint density at radius 2 is 2.00 bits per heavy atom. The van der Waals surface area contributed by atoms with Gasteiger partial charge in [-0.1, -0.05) is 37.5 Å². The Bertz CT molecular complexity index is 253. The molecule has 0 unspecified atom stereocenters. The van der Waals surface area contributed by atoms with Gasteiger partial charge in [0.2, 0.25) is 0 Å². The van der Waals surface area contributed by atoms with Gasteiger partial charge >= 0.3 is 7.12 Å². The van der Waals surface area contributed by atoms with E-state index in [-0.39, 0.29) is 0 Å². The fourth-order valence-electron chi connectivity index (χ4n) is 1.10. The van der Waals surface area contributed by atoms with Crippen molar-refractivity contribution in [1.29, 1.82) is 0 Å². The zero-order valence-electron chi connectivity index (χ0n) is 6.86. The Morgan fingerprint density at radius 3 is 2.58 bits per heavy atom. The van der Waals surface area contributed by atoms with Crippen LogP contribution in [0.3, 0.4) is 0 Å². The van der Waals surface area contributed by atoms with E-state index in [4.69, 9.17) is 4.65 Å². The molecule has 1 aliphatic rings. The molecule has 1 heterocycles. The van der Waals surface area contributed by atoms with Crippen LogP contribution in [0.15, 0.2) is 48.5 Å². The molecule has 1 aliphatic heterocycles. The molecule has 1 N–H and O–H groups in total. The fourth-order valence-corrected chi connectivity index (χ4v) is 1.10. The highest BCUT2D eigenvalue weighted by Crippen LogP contribution is 2.21. The summed E-state index contributed by atoms with van der Waals surface area (Å²) in [6, 6.07) is 0. The van der Waals surface area contributed by atoms with Crippen LogP contribution in [0.4, 0.5) is 0 Å². The molecule has 0 aromatic carbocycles. The Kier molecular flexibility index (Phi) is 3.08. The van der Waals surface area contributed by atoms with Crippen LogP contribution in [-0.4, -0.2) is 18.7 Å². The predicted molar refractivity (Wildman–Crippen MR) is 50.5 cm³/mol. The quantitative estimate of drug-likeness (QED) is 0.619. The summed E-state index contributed by atoms with van der Waals surface area (Å²) in [7, 11) is -0.811. The molecule has 0 aromatic heterocycles. The van der Waals surface area contributed by atoms with Crippen LogP contribution in [0.1, 0.15) is 0 Å². The van der Waals surface area contributed by atoms with Crippen LogP contribution < -0.4 is 0 Å². The zero-order valence-corrected chi connectivity index (χ0v) is 6.86. The van der Waals surface area contributed by atoms with Gasteiger partial charge in [-0.05, 0) is 11.0 Å². The standard InChI is InChI=1S/C9H11BO2/c1-3-5-8-7-12-10(11)9(8)6-4-2/h3-6,11H,1-2,7H2/b8-5-,9-6+. The molecule has 1 fully saturated rings. The highest BCUT2D eigenvalue weighted by molar-refractivity contribution is 6.55. The fraction of sp³-hybridized carbons (Fsp3) is 0.111. The Balaban J connectivity index is 2.91. The maximum Gasteiger partial charge on any atom is 0.491 e. The highest BCUT2D eigenvalue weighted by atomic mass is 16.5. The minimum Gasteiger partial charge on any atom is -0.423 e. The Morgan fingerprint density at radius 1 is 1.33 bits per heavy atom. The largest absolute Gasteiger partial charge is 0.491 e. The second kappa shape index (κ2) is 4.09. The molecule has 12 heavy (non-hydrogen) atoms. The zero-order chi connectivity index (χ0) is 8.97. The summed E-state index contributed by atoms with van der Waals surface area (Å²) in [5.41, 5.74) is 1.72. The minimum absolute atomic E-state index is 0.437. The van der Waals surface area contributed by atoms with Crippen molar-refractivity contribution in [2.45, 2.75) is 0 Å². The van der Waals surface area contributed by atoms with Gasteiger partial charge in [0, 0.05) is 0 Å². The summed E-state index contributed by atoms with van der Waals surface area (Å²) >= 11 is 0. The van der Waals surface area contributed by atoms with Gasteiger partial charge in [0.05, 0.1) is 6.61 Å². The van der Waals surface area contributed by atoms with E-state index in [9.17, 15) is 5.02 Å². The first-order valence-electron chi connectivity index (χ1n) is 3.74. The van der Waals surface area contributed by atoms with Crippen molar-refractivity contribution in [3.8, 4) is 0 Å². The lowest BCUT2D eigenvalue weighted by Crippen LogP contribution is -2.12. The lowest BCUT2D eigenvalue weighted by molar-refractivity contribution is 0.316. The lowest BCUT2D eigenvalue weighted by atomic mass is 9.77. The molecule has 62 valence electrons. The van der Waals surface area contributed by atoms with Gasteiger partial charge in [0.1, 0.15) is 0 Å². The first-order chi connectivity index (χ1) is 5.79. The Hall–Kier alpha value is -1.06. The summed E-state index contributed by atoms with van der Waals surface area (Å²) < 4.78 is 5.01. The average Bonchev–Trinajstić information content (AvgIpc) is 2.37. The van der Waals surface area contributed by atoms with Crippen LogP contribution >= 0.6 is 0 Å². The monoisotopic (exact) mass is 162 g/mol. The lowest BCUT2D eigenvalue weighted by Gasteiger charge is -1.95. The minimum atomic E-state index is -0.811. The normalized spacial score (nSPS) is 23.6. The molecule has 0 spiro atoms. The van der Waals surface area contributed by atoms with Gasteiger partial charge in [0.15, 0.2) is 0 Å². The average molecular weight is 162 g/mol. The van der Waals surface area contributed by atoms with Gasteiger partial charge in [-0.25, -0.2) is 0 Å². The number of allylic oxidation sites excluding steroid dienone is 4. The van der Waals surface area contributed by atoms with Crippen LogP contribution in [0.25, 0.3) is 0 Å². The van der Waals surface area contributed by atoms with Crippen molar-refractivity contribution in [2.75, 3.05) is 6.61 Å². The molecule has 0 bridgehead atoms. The molecule has 0 aliphatic carbocycles. The SMILES string of the molecule is C=C/C=C1/B(O)OC/C1=C/C=C. The molecule has 0 saturated carbocycles. The summed E-state index contributed by atoms with van der Waals surface area (Å²) in [6.07, 6.45) is 6.87. The molecule has 0 amide bonds. The van der Waals surface area contributed by atoms with E-state index >= 15 is 0 Å². The van der Waals surface area contributed by atoms with Crippen molar-refractivity contribution in [1.82, 2.24) is 0 Å². The van der Waals surface area contributed by atoms with Crippen molar-refractivity contribution in [2.24, 2.45) is 0 Å². The Labute approximate surface area is 72.7 Å². The van der Waals surface area contributed by atoms with Gasteiger partial charge < -0.3 is 9.68 Å². The van der Waals surface area contributed by atoms with E-state index in [1.54, 1.807) is 18.2 Å². The molecular weight excluding hydrogens is 151 g/mol. The molecule has 1 saturated heterocycles. The first-order valence-corrected chi connectivity index (χ1v) is 3.74. The predicted octanol–water partition coefficient (Wildman–Crippen LogP) is 1.26. The second-order valence-electron chi connectivity index (χ2n) is 2.45. The maximum absolute atomic E-state index is 9.30. The van der Waals surface area contributed by atoms with Gasteiger partial charge in [0.25, 0.3) is 0 Å². The van der Waals surface area contributed by atoms with Crippen LogP contribution in [0, 0.1) is 0 Å². The van der Waals surface area contributed by atoms with E-state index in [0.29, 0.717) is 6.61 Å². The summed E-state index contributed by atoms with van der Waals surface area (Å²) in [4.78, 5) is 0. The number of hydrogen-bond acceptors (Lipinski definition) is 2. The van der Waals surface area contributed by atoms with Crippen molar-refractivity contribution < 1.29 is 9.68 Å². The van der Waals surface area contributed by atoms with E-state index in [0.717, 1.165) is 11.0 Å². The van der Waals surface area contributed by atoms with Gasteiger partial charge in [-0.2, -0.15) is 0 Å². The first kappa shape index (κ1) is 9.04. The van der Waals surface area contributed by atoms with Crippen LogP contribution in [0.5, 0.6) is 0 Å². The van der Waals surface area contributed by atoms with E-state index in [1.165, 1.54) is 0 Å². The third-order valence-electron chi connectivity index (χ3n) is 1.65. The highest BCUT2D eigenvalue weighted by Gasteiger charge is 2.29. The molecule has 2 nitrogen and oxygen atoms in total. The van der Waals surface area contributed by atoms with Crippen molar-refractivity contribution >= 4 is 7.12 Å². The third kappa shape index (κ3) is 1.75. The van der Waals surface area contributed by atoms with E-state index in [1.807, 2.05) is 6.08 Å². The molecule has 0 aromatic rings.